The Morgan fingerprint density at radius 2 is 2.09 bits per heavy atom. The molecule has 22 heavy (non-hydrogen) atoms. The fourth-order valence-corrected chi connectivity index (χ4v) is 3.19. The van der Waals surface area contributed by atoms with Crippen LogP contribution in [0.25, 0.3) is 11.1 Å². The van der Waals surface area contributed by atoms with Gasteiger partial charge in [0.1, 0.15) is 5.75 Å². The molecule has 1 aliphatic rings. The number of aromatic nitrogens is 2. The van der Waals surface area contributed by atoms with Crippen molar-refractivity contribution in [1.82, 2.24) is 9.78 Å². The van der Waals surface area contributed by atoms with Crippen molar-refractivity contribution in [3.63, 3.8) is 0 Å². The Balaban J connectivity index is 1.85. The Morgan fingerprint density at radius 3 is 2.82 bits per heavy atom. The molecule has 0 saturated heterocycles. The normalized spacial score (nSPS) is 15.5. The summed E-state index contributed by atoms with van der Waals surface area (Å²) >= 11 is 0. The number of hydrogen-bond donors (Lipinski definition) is 0. The van der Waals surface area contributed by atoms with E-state index in [0.29, 0.717) is 12.5 Å². The largest absolute Gasteiger partial charge is 0.496 e. The third kappa shape index (κ3) is 2.99. The highest BCUT2D eigenvalue weighted by molar-refractivity contribution is 5.65. The first-order valence-electron chi connectivity index (χ1n) is 7.90. The lowest BCUT2D eigenvalue weighted by atomic mass is 9.96. The van der Waals surface area contributed by atoms with E-state index in [0.717, 1.165) is 22.4 Å². The van der Waals surface area contributed by atoms with Gasteiger partial charge in [-0.05, 0) is 24.5 Å². The predicted molar refractivity (Wildman–Crippen MR) is 85.7 cm³/mol. The van der Waals surface area contributed by atoms with E-state index in [2.05, 4.69) is 22.0 Å². The van der Waals surface area contributed by atoms with Crippen LogP contribution in [0, 0.1) is 11.3 Å². The molecule has 2 aromatic rings. The summed E-state index contributed by atoms with van der Waals surface area (Å²) in [5, 5.41) is 13.4. The molecule has 0 radical (unpaired) electrons. The minimum atomic E-state index is 0.366. The minimum Gasteiger partial charge on any atom is -0.496 e. The molecule has 1 saturated carbocycles. The molecular formula is C18H21N3O. The molecular weight excluding hydrogens is 274 g/mol. The van der Waals surface area contributed by atoms with E-state index in [4.69, 9.17) is 10.00 Å². The summed E-state index contributed by atoms with van der Waals surface area (Å²) in [5.41, 5.74) is 3.11. The minimum absolute atomic E-state index is 0.366. The lowest BCUT2D eigenvalue weighted by molar-refractivity contribution is 0.329. The van der Waals surface area contributed by atoms with Crippen molar-refractivity contribution < 1.29 is 4.74 Å². The fourth-order valence-electron chi connectivity index (χ4n) is 3.19. The second-order valence-electron chi connectivity index (χ2n) is 5.86. The van der Waals surface area contributed by atoms with Crippen molar-refractivity contribution in [2.24, 2.45) is 0 Å². The lowest BCUT2D eigenvalue weighted by Gasteiger charge is -2.21. The van der Waals surface area contributed by atoms with E-state index in [1.54, 1.807) is 7.11 Å². The van der Waals surface area contributed by atoms with Gasteiger partial charge in [-0.2, -0.15) is 10.4 Å². The summed E-state index contributed by atoms with van der Waals surface area (Å²) in [6.07, 6.45) is 10.8. The highest BCUT2D eigenvalue weighted by Gasteiger charge is 2.16. The molecule has 0 spiro atoms. The molecule has 1 heterocycles. The van der Waals surface area contributed by atoms with Crippen molar-refractivity contribution in [2.45, 2.75) is 44.6 Å². The Kier molecular flexibility index (Phi) is 4.43. The number of hydrogen-bond acceptors (Lipinski definition) is 3. The fraction of sp³-hybridized carbons (Fsp3) is 0.444. The van der Waals surface area contributed by atoms with Gasteiger partial charge in [0.15, 0.2) is 0 Å². The summed E-state index contributed by atoms with van der Waals surface area (Å²) in [6, 6.07) is 8.71. The maximum Gasteiger partial charge on any atom is 0.123 e. The number of nitrogens with zero attached hydrogens (tertiary/aromatic N) is 3. The smallest absolute Gasteiger partial charge is 0.123 e. The van der Waals surface area contributed by atoms with E-state index in [1.165, 1.54) is 32.1 Å². The van der Waals surface area contributed by atoms with E-state index >= 15 is 0 Å². The second-order valence-corrected chi connectivity index (χ2v) is 5.86. The molecule has 3 rings (SSSR count). The van der Waals surface area contributed by atoms with Gasteiger partial charge in [-0.15, -0.1) is 0 Å². The molecule has 4 nitrogen and oxygen atoms in total. The van der Waals surface area contributed by atoms with Crippen LogP contribution in [0.5, 0.6) is 5.75 Å². The highest BCUT2D eigenvalue weighted by Crippen LogP contribution is 2.31. The zero-order valence-corrected chi connectivity index (χ0v) is 13.0. The van der Waals surface area contributed by atoms with Crippen LogP contribution >= 0.6 is 0 Å². The molecule has 0 atom stereocenters. The highest BCUT2D eigenvalue weighted by atomic mass is 16.5. The van der Waals surface area contributed by atoms with Gasteiger partial charge in [0.05, 0.1) is 31.8 Å². The molecule has 4 heteroatoms. The first-order valence-corrected chi connectivity index (χ1v) is 7.90. The molecule has 0 unspecified atom stereocenters. The van der Waals surface area contributed by atoms with Crippen LogP contribution in [0.15, 0.2) is 30.6 Å². The van der Waals surface area contributed by atoms with Gasteiger partial charge in [-0.1, -0.05) is 31.4 Å². The van der Waals surface area contributed by atoms with Crippen LogP contribution in [0.1, 0.15) is 43.7 Å². The average Bonchev–Trinajstić information content (AvgIpc) is 3.06. The van der Waals surface area contributed by atoms with Gasteiger partial charge in [-0.3, -0.25) is 4.68 Å². The Labute approximate surface area is 131 Å². The van der Waals surface area contributed by atoms with Gasteiger partial charge in [0.25, 0.3) is 0 Å². The van der Waals surface area contributed by atoms with Crippen molar-refractivity contribution in [3.05, 3.63) is 36.2 Å². The standard InChI is InChI=1S/C18H21N3O/c1-22-18-11-15(8-7-14(18)9-10-19)16-12-20-21(13-16)17-5-3-2-4-6-17/h7-8,11-13,17H,2-6,9H2,1H3. The molecule has 0 aliphatic heterocycles. The topological polar surface area (TPSA) is 50.8 Å². The predicted octanol–water partition coefficient (Wildman–Crippen LogP) is 4.13. The molecule has 1 aromatic heterocycles. The summed E-state index contributed by atoms with van der Waals surface area (Å²) in [4.78, 5) is 0. The van der Waals surface area contributed by atoms with Crippen LogP contribution in [0.2, 0.25) is 0 Å². The van der Waals surface area contributed by atoms with E-state index < -0.39 is 0 Å². The van der Waals surface area contributed by atoms with Crippen molar-refractivity contribution in [1.29, 1.82) is 5.26 Å². The lowest BCUT2D eigenvalue weighted by Crippen LogP contribution is -2.12. The zero-order chi connectivity index (χ0) is 15.4. The Morgan fingerprint density at radius 1 is 1.27 bits per heavy atom. The van der Waals surface area contributed by atoms with Crippen molar-refractivity contribution >= 4 is 0 Å². The maximum absolute atomic E-state index is 8.85. The molecule has 114 valence electrons. The first kappa shape index (κ1) is 14.6. The monoisotopic (exact) mass is 295 g/mol. The molecule has 1 fully saturated rings. The van der Waals surface area contributed by atoms with Gasteiger partial charge in [0, 0.05) is 17.3 Å². The second kappa shape index (κ2) is 6.65. The van der Waals surface area contributed by atoms with Crippen LogP contribution < -0.4 is 4.74 Å². The summed E-state index contributed by atoms with van der Waals surface area (Å²) in [7, 11) is 1.64. The van der Waals surface area contributed by atoms with Gasteiger partial charge < -0.3 is 4.74 Å². The third-order valence-corrected chi connectivity index (χ3v) is 4.44. The number of ether oxygens (including phenoxy) is 1. The average molecular weight is 295 g/mol. The summed E-state index contributed by atoms with van der Waals surface area (Å²) in [5.74, 6) is 0.768. The van der Waals surface area contributed by atoms with Gasteiger partial charge in [0.2, 0.25) is 0 Å². The number of methoxy groups -OCH3 is 1. The molecule has 0 bridgehead atoms. The molecule has 0 N–H and O–H groups in total. The van der Waals surface area contributed by atoms with E-state index in [1.807, 2.05) is 24.4 Å². The zero-order valence-electron chi connectivity index (χ0n) is 13.0. The van der Waals surface area contributed by atoms with Crippen LogP contribution in [0.4, 0.5) is 0 Å². The van der Waals surface area contributed by atoms with Crippen LogP contribution in [-0.4, -0.2) is 16.9 Å². The number of rotatable bonds is 4. The van der Waals surface area contributed by atoms with Crippen LogP contribution in [-0.2, 0) is 6.42 Å². The molecule has 1 aromatic carbocycles. The number of benzene rings is 1. The summed E-state index contributed by atoms with van der Waals surface area (Å²) in [6.45, 7) is 0. The molecule has 0 amide bonds. The quantitative estimate of drug-likeness (QED) is 0.852. The Hall–Kier alpha value is -2.28. The summed E-state index contributed by atoms with van der Waals surface area (Å²) < 4.78 is 7.52. The van der Waals surface area contributed by atoms with E-state index in [9.17, 15) is 0 Å². The van der Waals surface area contributed by atoms with Gasteiger partial charge in [-0.25, -0.2) is 0 Å². The first-order chi connectivity index (χ1) is 10.8. The maximum atomic E-state index is 8.85. The van der Waals surface area contributed by atoms with E-state index in [-0.39, 0.29) is 0 Å². The number of nitriles is 1. The SMILES string of the molecule is COc1cc(-c2cnn(C3CCCCC3)c2)ccc1CC#N. The van der Waals surface area contributed by atoms with Crippen molar-refractivity contribution in [3.8, 4) is 22.9 Å². The third-order valence-electron chi connectivity index (χ3n) is 4.44. The van der Waals surface area contributed by atoms with Gasteiger partial charge >= 0.3 is 0 Å². The van der Waals surface area contributed by atoms with Crippen molar-refractivity contribution in [2.75, 3.05) is 7.11 Å². The molecule has 1 aliphatic carbocycles. The van der Waals surface area contributed by atoms with Crippen LogP contribution in [0.3, 0.4) is 0 Å². The Bertz CT molecular complexity index is 678.